The highest BCUT2D eigenvalue weighted by Gasteiger charge is 2.04. The van der Waals surface area contributed by atoms with E-state index in [4.69, 9.17) is 0 Å². The van der Waals surface area contributed by atoms with Crippen LogP contribution < -0.4 is 5.32 Å². The quantitative estimate of drug-likeness (QED) is 0.941. The van der Waals surface area contributed by atoms with Crippen molar-refractivity contribution in [1.29, 1.82) is 0 Å². The molecular weight excluding hydrogens is 275 g/mol. The Kier molecular flexibility index (Phi) is 3.19. The molecule has 0 atom stereocenters. The number of halogens is 2. The molecule has 0 aliphatic rings. The smallest absolute Gasteiger partial charge is 0.166 e. The fourth-order valence-corrected chi connectivity index (χ4v) is 1.60. The van der Waals surface area contributed by atoms with E-state index in [1.807, 2.05) is 13.2 Å². The van der Waals surface area contributed by atoms with Crippen molar-refractivity contribution < 1.29 is 4.39 Å². The number of rotatable bonds is 3. The molecule has 0 amide bonds. The summed E-state index contributed by atoms with van der Waals surface area (Å²) in [6, 6.07) is 1.37. The van der Waals surface area contributed by atoms with Crippen molar-refractivity contribution in [3.8, 4) is 0 Å². The lowest BCUT2D eigenvalue weighted by Gasteiger charge is -2.04. The van der Waals surface area contributed by atoms with Gasteiger partial charge in [0.15, 0.2) is 11.6 Å². The molecule has 2 heterocycles. The molecular formula is C10H10BrFN4. The van der Waals surface area contributed by atoms with Gasteiger partial charge in [-0.05, 0) is 22.0 Å². The highest BCUT2D eigenvalue weighted by Crippen LogP contribution is 2.16. The Labute approximate surface area is 101 Å². The Morgan fingerprint density at radius 2 is 2.31 bits per heavy atom. The fourth-order valence-electron chi connectivity index (χ4n) is 1.29. The van der Waals surface area contributed by atoms with E-state index in [2.05, 4.69) is 31.3 Å². The van der Waals surface area contributed by atoms with Crippen LogP contribution in [0.4, 0.5) is 10.2 Å². The van der Waals surface area contributed by atoms with E-state index in [9.17, 15) is 4.39 Å². The Bertz CT molecular complexity index is 497. The van der Waals surface area contributed by atoms with Gasteiger partial charge in [0.1, 0.15) is 0 Å². The van der Waals surface area contributed by atoms with Gasteiger partial charge in [0.25, 0.3) is 0 Å². The fraction of sp³-hybridized carbons (Fsp3) is 0.200. The first-order chi connectivity index (χ1) is 7.65. The zero-order valence-corrected chi connectivity index (χ0v) is 10.2. The molecule has 0 bridgehead atoms. The molecule has 6 heteroatoms. The van der Waals surface area contributed by atoms with Crippen LogP contribution in [-0.4, -0.2) is 14.8 Å². The second-order valence-electron chi connectivity index (χ2n) is 3.36. The Hall–Kier alpha value is -1.43. The maximum atomic E-state index is 13.4. The average Bonchev–Trinajstić information content (AvgIpc) is 2.63. The lowest BCUT2D eigenvalue weighted by molar-refractivity contribution is 0.623. The van der Waals surface area contributed by atoms with E-state index < -0.39 is 0 Å². The van der Waals surface area contributed by atoms with Gasteiger partial charge in [-0.1, -0.05) is 0 Å². The van der Waals surface area contributed by atoms with Crippen LogP contribution in [0.15, 0.2) is 29.1 Å². The van der Waals surface area contributed by atoms with Crippen molar-refractivity contribution >= 4 is 21.7 Å². The predicted molar refractivity (Wildman–Crippen MR) is 62.4 cm³/mol. The van der Waals surface area contributed by atoms with E-state index in [1.54, 1.807) is 17.1 Å². The zero-order valence-electron chi connectivity index (χ0n) is 8.61. The van der Waals surface area contributed by atoms with Crippen LogP contribution in [-0.2, 0) is 13.6 Å². The molecule has 0 unspecified atom stereocenters. The monoisotopic (exact) mass is 284 g/mol. The molecule has 0 aliphatic heterocycles. The van der Waals surface area contributed by atoms with E-state index in [0.29, 0.717) is 11.0 Å². The molecule has 0 saturated carbocycles. The van der Waals surface area contributed by atoms with Crippen LogP contribution in [0, 0.1) is 5.82 Å². The van der Waals surface area contributed by atoms with Gasteiger partial charge in [-0.25, -0.2) is 9.37 Å². The molecule has 1 N–H and O–H groups in total. The lowest BCUT2D eigenvalue weighted by Crippen LogP contribution is -2.02. The molecule has 0 aromatic carbocycles. The zero-order chi connectivity index (χ0) is 11.5. The minimum absolute atomic E-state index is 0.243. The number of nitrogens with zero attached hydrogens (tertiary/aromatic N) is 3. The standard InChI is InChI=1S/C10H10BrFN4/c1-16-6-7(4-15-16)3-13-10-9(12)2-8(11)5-14-10/h2,4-6H,3H2,1H3,(H,13,14). The highest BCUT2D eigenvalue weighted by molar-refractivity contribution is 9.10. The normalized spacial score (nSPS) is 10.4. The summed E-state index contributed by atoms with van der Waals surface area (Å²) in [6.07, 6.45) is 5.14. The number of hydrogen-bond acceptors (Lipinski definition) is 3. The Morgan fingerprint density at radius 1 is 1.50 bits per heavy atom. The van der Waals surface area contributed by atoms with E-state index in [0.717, 1.165) is 5.56 Å². The maximum Gasteiger partial charge on any atom is 0.166 e. The summed E-state index contributed by atoms with van der Waals surface area (Å²) >= 11 is 3.15. The summed E-state index contributed by atoms with van der Waals surface area (Å²) < 4.78 is 15.7. The van der Waals surface area contributed by atoms with Crippen molar-refractivity contribution in [1.82, 2.24) is 14.8 Å². The van der Waals surface area contributed by atoms with E-state index in [1.165, 1.54) is 6.07 Å². The number of aryl methyl sites for hydroxylation is 1. The van der Waals surface area contributed by atoms with E-state index in [-0.39, 0.29) is 11.6 Å². The molecule has 4 nitrogen and oxygen atoms in total. The van der Waals surface area contributed by atoms with Crippen molar-refractivity contribution in [3.63, 3.8) is 0 Å². The van der Waals surface area contributed by atoms with Gasteiger partial charge in [0.2, 0.25) is 0 Å². The predicted octanol–water partition coefficient (Wildman–Crippen LogP) is 2.33. The van der Waals surface area contributed by atoms with Crippen LogP contribution in [0.5, 0.6) is 0 Å². The third kappa shape index (κ3) is 2.57. The third-order valence-electron chi connectivity index (χ3n) is 2.03. The van der Waals surface area contributed by atoms with Gasteiger partial charge in [-0.2, -0.15) is 5.10 Å². The minimum Gasteiger partial charge on any atom is -0.363 e. The molecule has 84 valence electrons. The minimum atomic E-state index is -0.377. The molecule has 2 aromatic heterocycles. The van der Waals surface area contributed by atoms with Crippen molar-refractivity contribution in [2.24, 2.45) is 7.05 Å². The molecule has 0 aliphatic carbocycles. The summed E-state index contributed by atoms with van der Waals surface area (Å²) in [5, 5.41) is 6.93. The Morgan fingerprint density at radius 3 is 2.94 bits per heavy atom. The van der Waals surface area contributed by atoms with Crippen molar-refractivity contribution in [3.05, 3.63) is 40.5 Å². The topological polar surface area (TPSA) is 42.7 Å². The first-order valence-electron chi connectivity index (χ1n) is 4.67. The summed E-state index contributed by atoms with van der Waals surface area (Å²) in [5.41, 5.74) is 0.978. The molecule has 0 spiro atoms. The van der Waals surface area contributed by atoms with Gasteiger partial charge in [0, 0.05) is 36.0 Å². The van der Waals surface area contributed by atoms with Crippen LogP contribution in [0.25, 0.3) is 0 Å². The number of pyridine rings is 1. The van der Waals surface area contributed by atoms with Crippen LogP contribution in [0.3, 0.4) is 0 Å². The number of nitrogens with one attached hydrogen (secondary N) is 1. The van der Waals surface area contributed by atoms with Crippen molar-refractivity contribution in [2.45, 2.75) is 6.54 Å². The lowest BCUT2D eigenvalue weighted by atomic mass is 10.3. The largest absolute Gasteiger partial charge is 0.363 e. The first kappa shape index (κ1) is 11.1. The maximum absolute atomic E-state index is 13.4. The van der Waals surface area contributed by atoms with Gasteiger partial charge in [-0.15, -0.1) is 0 Å². The van der Waals surface area contributed by atoms with Gasteiger partial charge >= 0.3 is 0 Å². The summed E-state index contributed by atoms with van der Waals surface area (Å²) in [4.78, 5) is 3.94. The summed E-state index contributed by atoms with van der Waals surface area (Å²) in [6.45, 7) is 0.499. The average molecular weight is 285 g/mol. The number of anilines is 1. The van der Waals surface area contributed by atoms with Gasteiger partial charge < -0.3 is 5.32 Å². The second-order valence-corrected chi connectivity index (χ2v) is 4.28. The van der Waals surface area contributed by atoms with Crippen LogP contribution in [0.1, 0.15) is 5.56 Å². The van der Waals surface area contributed by atoms with E-state index >= 15 is 0 Å². The van der Waals surface area contributed by atoms with Crippen molar-refractivity contribution in [2.75, 3.05) is 5.32 Å². The summed E-state index contributed by atoms with van der Waals surface area (Å²) in [7, 11) is 1.84. The van der Waals surface area contributed by atoms with Crippen LogP contribution >= 0.6 is 15.9 Å². The molecule has 0 saturated heterocycles. The highest BCUT2D eigenvalue weighted by atomic mass is 79.9. The molecule has 0 fully saturated rings. The van der Waals surface area contributed by atoms with Gasteiger partial charge in [-0.3, -0.25) is 4.68 Å². The second kappa shape index (κ2) is 4.61. The molecule has 16 heavy (non-hydrogen) atoms. The van der Waals surface area contributed by atoms with Crippen LogP contribution in [0.2, 0.25) is 0 Å². The number of hydrogen-bond donors (Lipinski definition) is 1. The third-order valence-corrected chi connectivity index (χ3v) is 2.46. The SMILES string of the molecule is Cn1cc(CNc2ncc(Br)cc2F)cn1. The Balaban J connectivity index is 2.04. The summed E-state index contributed by atoms with van der Waals surface area (Å²) in [5.74, 6) is -0.134. The van der Waals surface area contributed by atoms with Gasteiger partial charge in [0.05, 0.1) is 6.20 Å². The number of aromatic nitrogens is 3. The first-order valence-corrected chi connectivity index (χ1v) is 5.47. The molecule has 2 rings (SSSR count). The molecule has 0 radical (unpaired) electrons. The molecule has 2 aromatic rings.